The highest BCUT2D eigenvalue weighted by molar-refractivity contribution is 5.52. The number of hydrogen-bond acceptors (Lipinski definition) is 6. The molecular formula is C15H17F3N2O4. The minimum atomic E-state index is -4.74. The topological polar surface area (TPSA) is 73.7 Å². The van der Waals surface area contributed by atoms with Gasteiger partial charge in [0.05, 0.1) is 13.2 Å². The molecule has 0 aromatic carbocycles. The van der Waals surface area contributed by atoms with Crippen molar-refractivity contribution >= 4 is 5.76 Å². The molecule has 24 heavy (non-hydrogen) atoms. The van der Waals surface area contributed by atoms with Gasteiger partial charge >= 0.3 is 6.18 Å². The number of hydrogen-bond donors (Lipinski definition) is 1. The zero-order valence-corrected chi connectivity index (χ0v) is 12.8. The van der Waals surface area contributed by atoms with Crippen LogP contribution in [0.3, 0.4) is 0 Å². The second-order valence-corrected chi connectivity index (χ2v) is 5.78. The van der Waals surface area contributed by atoms with E-state index < -0.39 is 23.5 Å². The Labute approximate surface area is 136 Å². The van der Waals surface area contributed by atoms with Crippen molar-refractivity contribution in [2.45, 2.75) is 43.8 Å². The molecule has 132 valence electrons. The van der Waals surface area contributed by atoms with Crippen LogP contribution in [0.5, 0.6) is 5.88 Å². The van der Waals surface area contributed by atoms with Gasteiger partial charge in [0, 0.05) is 18.9 Å². The molecule has 1 aliphatic heterocycles. The van der Waals surface area contributed by atoms with E-state index in [1.165, 1.54) is 0 Å². The summed E-state index contributed by atoms with van der Waals surface area (Å²) in [5.74, 6) is -2.77. The van der Waals surface area contributed by atoms with Crippen molar-refractivity contribution in [1.29, 1.82) is 0 Å². The zero-order valence-electron chi connectivity index (χ0n) is 12.8. The van der Waals surface area contributed by atoms with Crippen molar-refractivity contribution in [3.63, 3.8) is 0 Å². The van der Waals surface area contributed by atoms with Crippen LogP contribution in [0.4, 0.5) is 13.2 Å². The van der Waals surface area contributed by atoms with Gasteiger partial charge in [-0.15, -0.1) is 0 Å². The number of aliphatic hydroxyl groups excluding tert-OH is 1. The fraction of sp³-hybridized carbons (Fsp3) is 0.600. The number of alkyl halides is 3. The van der Waals surface area contributed by atoms with Crippen LogP contribution in [0.25, 0.3) is 5.76 Å². The molecule has 6 nitrogen and oxygen atoms in total. The molecule has 1 saturated carbocycles. The number of aliphatic hydroxyl groups is 1. The average molecular weight is 346 g/mol. The largest absolute Gasteiger partial charge is 0.506 e. The van der Waals surface area contributed by atoms with Crippen molar-refractivity contribution in [3.05, 3.63) is 24.2 Å². The van der Waals surface area contributed by atoms with E-state index in [4.69, 9.17) is 14.2 Å². The molecule has 1 N–H and O–H groups in total. The lowest BCUT2D eigenvalue weighted by molar-refractivity contribution is -0.186. The minimum Gasteiger partial charge on any atom is -0.506 e. The number of rotatable bonds is 3. The van der Waals surface area contributed by atoms with Crippen LogP contribution in [0.1, 0.15) is 37.2 Å². The van der Waals surface area contributed by atoms with Crippen molar-refractivity contribution < 1.29 is 32.5 Å². The van der Waals surface area contributed by atoms with Crippen molar-refractivity contribution in [3.8, 4) is 5.88 Å². The lowest BCUT2D eigenvalue weighted by atomic mass is 9.92. The highest BCUT2D eigenvalue weighted by Crippen LogP contribution is 2.37. The fourth-order valence-electron chi connectivity index (χ4n) is 2.87. The van der Waals surface area contributed by atoms with Crippen LogP contribution in [-0.2, 0) is 15.7 Å². The third kappa shape index (κ3) is 3.62. The van der Waals surface area contributed by atoms with Crippen LogP contribution in [0.2, 0.25) is 0 Å². The summed E-state index contributed by atoms with van der Waals surface area (Å²) in [6.07, 6.45) is -2.70. The second kappa shape index (κ2) is 6.21. The van der Waals surface area contributed by atoms with Crippen LogP contribution < -0.4 is 4.74 Å². The molecule has 2 aliphatic rings. The molecule has 0 atom stereocenters. The number of ether oxygens (including phenoxy) is 3. The lowest BCUT2D eigenvalue weighted by Gasteiger charge is -2.35. The maximum atomic E-state index is 12.9. The fourth-order valence-corrected chi connectivity index (χ4v) is 2.87. The molecule has 0 unspecified atom stereocenters. The Balaban J connectivity index is 1.73. The van der Waals surface area contributed by atoms with Crippen molar-refractivity contribution in [2.75, 3.05) is 13.2 Å². The van der Waals surface area contributed by atoms with E-state index in [9.17, 15) is 18.3 Å². The molecule has 9 heteroatoms. The van der Waals surface area contributed by atoms with Gasteiger partial charge in [0.15, 0.2) is 5.79 Å². The molecule has 1 aromatic heterocycles. The SMILES string of the molecule is C=C(O)c1cc(OC2CCC3(CC2)OCCO3)nc(C(F)(F)F)n1. The smallest absolute Gasteiger partial charge is 0.451 e. The highest BCUT2D eigenvalue weighted by Gasteiger charge is 2.41. The zero-order chi connectivity index (χ0) is 17.4. The molecule has 0 bridgehead atoms. The molecule has 1 aliphatic carbocycles. The summed E-state index contributed by atoms with van der Waals surface area (Å²) in [7, 11) is 0. The third-order valence-corrected chi connectivity index (χ3v) is 4.05. The first-order valence-electron chi connectivity index (χ1n) is 7.56. The van der Waals surface area contributed by atoms with E-state index in [1.54, 1.807) is 0 Å². The van der Waals surface area contributed by atoms with Crippen molar-refractivity contribution in [1.82, 2.24) is 9.97 Å². The summed E-state index contributed by atoms with van der Waals surface area (Å²) >= 11 is 0. The van der Waals surface area contributed by atoms with Gasteiger partial charge in [0.2, 0.25) is 11.7 Å². The van der Waals surface area contributed by atoms with Crippen LogP contribution in [0, 0.1) is 0 Å². The number of nitrogens with zero attached hydrogens (tertiary/aromatic N) is 2. The molecule has 2 fully saturated rings. The molecule has 0 radical (unpaired) electrons. The van der Waals surface area contributed by atoms with Crippen molar-refractivity contribution in [2.24, 2.45) is 0 Å². The first-order chi connectivity index (χ1) is 11.3. The van der Waals surface area contributed by atoms with Gasteiger partial charge in [0.25, 0.3) is 0 Å². The van der Waals surface area contributed by atoms with E-state index in [-0.39, 0.29) is 17.7 Å². The first-order valence-corrected chi connectivity index (χ1v) is 7.56. The summed E-state index contributed by atoms with van der Waals surface area (Å²) in [5, 5.41) is 9.34. The van der Waals surface area contributed by atoms with Gasteiger partial charge in [-0.2, -0.15) is 18.2 Å². The lowest BCUT2D eigenvalue weighted by Crippen LogP contribution is -2.38. The molecule has 1 spiro atoms. The Morgan fingerprint density at radius 2 is 1.88 bits per heavy atom. The first kappa shape index (κ1) is 17.0. The molecule has 3 rings (SSSR count). The molecule has 1 aromatic rings. The van der Waals surface area contributed by atoms with Crippen LogP contribution in [-0.4, -0.2) is 40.2 Å². The Hall–Kier alpha value is -1.87. The van der Waals surface area contributed by atoms with E-state index in [0.29, 0.717) is 38.9 Å². The third-order valence-electron chi connectivity index (χ3n) is 4.05. The Kier molecular flexibility index (Phi) is 4.39. The van der Waals surface area contributed by atoms with Gasteiger partial charge in [-0.1, -0.05) is 6.58 Å². The quantitative estimate of drug-likeness (QED) is 0.848. The van der Waals surface area contributed by atoms with Gasteiger partial charge in [-0.3, -0.25) is 0 Å². The Bertz CT molecular complexity index is 620. The number of aromatic nitrogens is 2. The summed E-state index contributed by atoms with van der Waals surface area (Å²) < 4.78 is 55.4. The van der Waals surface area contributed by atoms with Crippen LogP contribution in [0.15, 0.2) is 12.6 Å². The molecular weight excluding hydrogens is 329 g/mol. The maximum absolute atomic E-state index is 12.9. The summed E-state index contributed by atoms with van der Waals surface area (Å²) in [5.41, 5.74) is -0.318. The normalized spacial score (nSPS) is 21.1. The molecule has 2 heterocycles. The van der Waals surface area contributed by atoms with E-state index in [0.717, 1.165) is 6.07 Å². The standard InChI is InChI=1S/C15H17F3N2O4/c1-9(21)11-8-12(20-13(19-11)15(16,17)18)24-10-2-4-14(5-3-10)22-6-7-23-14/h8,10,21H,1-7H2. The highest BCUT2D eigenvalue weighted by atomic mass is 19.4. The molecule has 0 amide bonds. The second-order valence-electron chi connectivity index (χ2n) is 5.78. The Morgan fingerprint density at radius 1 is 1.25 bits per heavy atom. The monoisotopic (exact) mass is 346 g/mol. The Morgan fingerprint density at radius 3 is 2.42 bits per heavy atom. The minimum absolute atomic E-state index is 0.239. The summed E-state index contributed by atoms with van der Waals surface area (Å²) in [6, 6.07) is 1.14. The van der Waals surface area contributed by atoms with Gasteiger partial charge in [-0.25, -0.2) is 4.98 Å². The van der Waals surface area contributed by atoms with Gasteiger partial charge < -0.3 is 19.3 Å². The van der Waals surface area contributed by atoms with E-state index in [2.05, 4.69) is 16.5 Å². The van der Waals surface area contributed by atoms with Crippen LogP contribution >= 0.6 is 0 Å². The average Bonchev–Trinajstić information content (AvgIpc) is 2.97. The summed E-state index contributed by atoms with van der Waals surface area (Å²) in [4.78, 5) is 6.65. The predicted molar refractivity (Wildman–Crippen MR) is 76.2 cm³/mol. The maximum Gasteiger partial charge on any atom is 0.451 e. The molecule has 1 saturated heterocycles. The number of halogens is 3. The van der Waals surface area contributed by atoms with E-state index in [1.807, 2.05) is 0 Å². The predicted octanol–water partition coefficient (Wildman–Crippen LogP) is 3.09. The van der Waals surface area contributed by atoms with E-state index >= 15 is 0 Å². The summed E-state index contributed by atoms with van der Waals surface area (Å²) in [6.45, 7) is 4.29. The van der Waals surface area contributed by atoms with Gasteiger partial charge in [-0.05, 0) is 12.8 Å². The van der Waals surface area contributed by atoms with Gasteiger partial charge in [0.1, 0.15) is 17.6 Å².